The molecule has 5 heteroatoms. The van der Waals surface area contributed by atoms with Gasteiger partial charge in [0, 0.05) is 30.1 Å². The molecule has 0 aliphatic carbocycles. The van der Waals surface area contributed by atoms with Gasteiger partial charge in [0.2, 0.25) is 5.91 Å². The first kappa shape index (κ1) is 13.8. The summed E-state index contributed by atoms with van der Waals surface area (Å²) in [6.45, 7) is 3.81. The number of likely N-dealkylation sites (tertiary alicyclic amines) is 1. The largest absolute Gasteiger partial charge is 0.342 e. The Morgan fingerprint density at radius 2 is 2.45 bits per heavy atom. The van der Waals surface area contributed by atoms with Crippen molar-refractivity contribution >= 4 is 28.6 Å². The molecule has 3 heterocycles. The number of nitrogens with zero attached hydrogens (tertiary/aromatic N) is 2. The van der Waals surface area contributed by atoms with Gasteiger partial charge in [0.25, 0.3) is 0 Å². The van der Waals surface area contributed by atoms with E-state index in [-0.39, 0.29) is 5.91 Å². The van der Waals surface area contributed by atoms with Crippen LogP contribution >= 0.6 is 22.7 Å². The van der Waals surface area contributed by atoms with Crippen LogP contribution < -0.4 is 0 Å². The summed E-state index contributed by atoms with van der Waals surface area (Å²) >= 11 is 3.42. The average molecular weight is 306 g/mol. The van der Waals surface area contributed by atoms with Crippen molar-refractivity contribution in [3.63, 3.8) is 0 Å². The first-order valence-electron chi connectivity index (χ1n) is 6.93. The van der Waals surface area contributed by atoms with Crippen LogP contribution in [0.4, 0.5) is 0 Å². The summed E-state index contributed by atoms with van der Waals surface area (Å²) in [5.41, 5.74) is 1.13. The molecule has 1 saturated heterocycles. The van der Waals surface area contributed by atoms with E-state index in [9.17, 15) is 4.79 Å². The van der Waals surface area contributed by atoms with Gasteiger partial charge in [-0.15, -0.1) is 11.3 Å². The molecule has 0 aromatic carbocycles. The second-order valence-electron chi connectivity index (χ2n) is 5.30. The zero-order chi connectivity index (χ0) is 13.9. The van der Waals surface area contributed by atoms with Crippen LogP contribution in [0, 0.1) is 6.92 Å². The third-order valence-electron chi connectivity index (χ3n) is 3.70. The Morgan fingerprint density at radius 3 is 3.15 bits per heavy atom. The molecule has 106 valence electrons. The molecule has 2 aromatic heterocycles. The SMILES string of the molecule is Cc1cnc([C@@H]2CCCN(C(=O)Cc3ccsc3)C2)s1. The second kappa shape index (κ2) is 6.06. The Bertz CT molecular complexity index is 576. The van der Waals surface area contributed by atoms with E-state index in [0.29, 0.717) is 12.3 Å². The van der Waals surface area contributed by atoms with E-state index in [1.807, 2.05) is 22.5 Å². The van der Waals surface area contributed by atoms with Crippen LogP contribution in [0.25, 0.3) is 0 Å². The van der Waals surface area contributed by atoms with E-state index in [1.165, 1.54) is 9.88 Å². The van der Waals surface area contributed by atoms with Crippen molar-refractivity contribution in [1.82, 2.24) is 9.88 Å². The summed E-state index contributed by atoms with van der Waals surface area (Å²) in [5, 5.41) is 5.28. The van der Waals surface area contributed by atoms with Crippen molar-refractivity contribution < 1.29 is 4.79 Å². The third kappa shape index (κ3) is 3.10. The zero-order valence-electron chi connectivity index (χ0n) is 11.5. The molecule has 0 bridgehead atoms. The summed E-state index contributed by atoms with van der Waals surface area (Å²) in [4.78, 5) is 20.1. The lowest BCUT2D eigenvalue weighted by Gasteiger charge is -2.31. The van der Waals surface area contributed by atoms with E-state index >= 15 is 0 Å². The minimum Gasteiger partial charge on any atom is -0.342 e. The predicted molar refractivity (Wildman–Crippen MR) is 83.4 cm³/mol. The highest BCUT2D eigenvalue weighted by Gasteiger charge is 2.26. The van der Waals surface area contributed by atoms with Gasteiger partial charge in [0.1, 0.15) is 0 Å². The highest BCUT2D eigenvalue weighted by atomic mass is 32.1. The molecule has 1 aliphatic rings. The number of rotatable bonds is 3. The lowest BCUT2D eigenvalue weighted by atomic mass is 9.98. The molecule has 2 aromatic rings. The van der Waals surface area contributed by atoms with Gasteiger partial charge < -0.3 is 4.90 Å². The standard InChI is InChI=1S/C15H18N2OS2/c1-11-8-16-15(20-11)13-3-2-5-17(9-13)14(18)7-12-4-6-19-10-12/h4,6,8,10,13H,2-3,5,7,9H2,1H3/t13-/m1/s1. The average Bonchev–Trinajstić information content (AvgIpc) is 3.10. The Hall–Kier alpha value is -1.20. The van der Waals surface area contributed by atoms with E-state index in [2.05, 4.69) is 17.3 Å². The Morgan fingerprint density at radius 1 is 1.55 bits per heavy atom. The van der Waals surface area contributed by atoms with Crippen molar-refractivity contribution in [2.75, 3.05) is 13.1 Å². The molecule has 0 saturated carbocycles. The maximum absolute atomic E-state index is 12.4. The molecule has 0 unspecified atom stereocenters. The minimum atomic E-state index is 0.251. The van der Waals surface area contributed by atoms with Crippen LogP contribution in [-0.4, -0.2) is 28.9 Å². The van der Waals surface area contributed by atoms with Crippen molar-refractivity contribution in [3.05, 3.63) is 38.5 Å². The number of piperidine rings is 1. The molecule has 0 radical (unpaired) electrons. The number of aromatic nitrogens is 1. The summed E-state index contributed by atoms with van der Waals surface area (Å²) in [6, 6.07) is 2.04. The van der Waals surface area contributed by atoms with Crippen LogP contribution in [0.1, 0.15) is 34.2 Å². The van der Waals surface area contributed by atoms with E-state index in [4.69, 9.17) is 0 Å². The number of hydrogen-bond acceptors (Lipinski definition) is 4. The monoisotopic (exact) mass is 306 g/mol. The van der Waals surface area contributed by atoms with Crippen molar-refractivity contribution in [2.45, 2.75) is 32.1 Å². The van der Waals surface area contributed by atoms with E-state index in [1.54, 1.807) is 22.7 Å². The molecule has 1 atom stereocenters. The van der Waals surface area contributed by atoms with Gasteiger partial charge in [-0.2, -0.15) is 11.3 Å². The van der Waals surface area contributed by atoms with Gasteiger partial charge in [-0.3, -0.25) is 4.79 Å². The summed E-state index contributed by atoms with van der Waals surface area (Å²) in [6.07, 6.45) is 4.70. The Labute approximate surface area is 127 Å². The molecule has 1 aliphatic heterocycles. The molecule has 0 N–H and O–H groups in total. The van der Waals surface area contributed by atoms with Gasteiger partial charge in [-0.05, 0) is 42.2 Å². The first-order valence-corrected chi connectivity index (χ1v) is 8.69. The predicted octanol–water partition coefficient (Wildman–Crippen LogP) is 3.46. The third-order valence-corrected chi connectivity index (χ3v) is 5.51. The minimum absolute atomic E-state index is 0.251. The summed E-state index contributed by atoms with van der Waals surface area (Å²) in [7, 11) is 0. The number of thiazole rings is 1. The highest BCUT2D eigenvalue weighted by Crippen LogP contribution is 2.30. The molecular weight excluding hydrogens is 288 g/mol. The van der Waals surface area contributed by atoms with Crippen molar-refractivity contribution in [1.29, 1.82) is 0 Å². The Balaban J connectivity index is 1.64. The van der Waals surface area contributed by atoms with Gasteiger partial charge >= 0.3 is 0 Å². The lowest BCUT2D eigenvalue weighted by molar-refractivity contribution is -0.131. The van der Waals surface area contributed by atoms with Gasteiger partial charge in [-0.1, -0.05) is 0 Å². The summed E-state index contributed by atoms with van der Waals surface area (Å²) < 4.78 is 0. The fraction of sp³-hybridized carbons (Fsp3) is 0.467. The summed E-state index contributed by atoms with van der Waals surface area (Å²) in [5.74, 6) is 0.676. The number of amides is 1. The number of carbonyl (C=O) groups excluding carboxylic acids is 1. The topological polar surface area (TPSA) is 33.2 Å². The zero-order valence-corrected chi connectivity index (χ0v) is 13.2. The molecule has 3 nitrogen and oxygen atoms in total. The van der Waals surface area contributed by atoms with Crippen LogP contribution in [0.5, 0.6) is 0 Å². The smallest absolute Gasteiger partial charge is 0.227 e. The number of thiophene rings is 1. The number of hydrogen-bond donors (Lipinski definition) is 0. The van der Waals surface area contributed by atoms with E-state index < -0.39 is 0 Å². The maximum atomic E-state index is 12.4. The molecule has 1 fully saturated rings. The van der Waals surface area contributed by atoms with Crippen LogP contribution in [-0.2, 0) is 11.2 Å². The highest BCUT2D eigenvalue weighted by molar-refractivity contribution is 7.11. The normalized spacial score (nSPS) is 19.2. The quantitative estimate of drug-likeness (QED) is 0.870. The molecule has 1 amide bonds. The van der Waals surface area contributed by atoms with Crippen molar-refractivity contribution in [2.24, 2.45) is 0 Å². The number of aryl methyl sites for hydroxylation is 1. The van der Waals surface area contributed by atoms with Gasteiger partial charge in [-0.25, -0.2) is 4.98 Å². The molecule has 3 rings (SSSR count). The van der Waals surface area contributed by atoms with Crippen LogP contribution in [0.3, 0.4) is 0 Å². The lowest BCUT2D eigenvalue weighted by Crippen LogP contribution is -2.39. The van der Waals surface area contributed by atoms with Gasteiger partial charge in [0.15, 0.2) is 0 Å². The molecule has 20 heavy (non-hydrogen) atoms. The van der Waals surface area contributed by atoms with Crippen LogP contribution in [0.15, 0.2) is 23.0 Å². The fourth-order valence-electron chi connectivity index (χ4n) is 2.65. The Kier molecular flexibility index (Phi) is 4.17. The van der Waals surface area contributed by atoms with Gasteiger partial charge in [0.05, 0.1) is 11.4 Å². The first-order chi connectivity index (χ1) is 9.72. The molecular formula is C15H18N2OS2. The molecule has 0 spiro atoms. The second-order valence-corrected chi connectivity index (χ2v) is 7.34. The van der Waals surface area contributed by atoms with E-state index in [0.717, 1.165) is 31.5 Å². The number of carbonyl (C=O) groups is 1. The van der Waals surface area contributed by atoms with Crippen LogP contribution in [0.2, 0.25) is 0 Å². The van der Waals surface area contributed by atoms with Crippen molar-refractivity contribution in [3.8, 4) is 0 Å². The maximum Gasteiger partial charge on any atom is 0.227 e. The fourth-order valence-corrected chi connectivity index (χ4v) is 4.21.